The minimum absolute atomic E-state index is 0.00697. The van der Waals surface area contributed by atoms with Crippen molar-refractivity contribution in [3.05, 3.63) is 53.0 Å². The zero-order chi connectivity index (χ0) is 24.8. The van der Waals surface area contributed by atoms with Crippen molar-refractivity contribution in [3.63, 3.8) is 0 Å². The topological polar surface area (TPSA) is 147 Å². The maximum atomic E-state index is 12.7. The van der Waals surface area contributed by atoms with Gasteiger partial charge in [-0.15, -0.1) is 0 Å². The molecule has 0 saturated heterocycles. The van der Waals surface area contributed by atoms with Crippen molar-refractivity contribution in [1.29, 1.82) is 0 Å². The molecule has 2 aromatic heterocycles. The van der Waals surface area contributed by atoms with Crippen LogP contribution in [0, 0.1) is 12.8 Å². The van der Waals surface area contributed by atoms with Crippen LogP contribution in [0.4, 0.5) is 5.82 Å². The van der Waals surface area contributed by atoms with E-state index in [0.717, 1.165) is 5.56 Å². The summed E-state index contributed by atoms with van der Waals surface area (Å²) in [6, 6.07) is 8.38. The molecule has 1 aromatic carbocycles. The highest BCUT2D eigenvalue weighted by molar-refractivity contribution is 6.07. The second-order valence-electron chi connectivity index (χ2n) is 8.02. The number of carbonyl (C=O) groups excluding carboxylic acids is 3. The van der Waals surface area contributed by atoms with Crippen molar-refractivity contribution in [2.24, 2.45) is 5.92 Å². The number of hydrogen-bond donors (Lipinski definition) is 2. The van der Waals surface area contributed by atoms with Crippen LogP contribution in [0.25, 0.3) is 11.1 Å². The van der Waals surface area contributed by atoms with E-state index in [1.165, 1.54) is 0 Å². The molecule has 0 fully saturated rings. The highest BCUT2D eigenvalue weighted by atomic mass is 16.5. The Hall–Kier alpha value is -3.95. The van der Waals surface area contributed by atoms with Gasteiger partial charge in [0.05, 0.1) is 18.4 Å². The summed E-state index contributed by atoms with van der Waals surface area (Å²) < 4.78 is 16.0. The van der Waals surface area contributed by atoms with Crippen molar-refractivity contribution < 1.29 is 28.3 Å². The Morgan fingerprint density at radius 2 is 1.82 bits per heavy atom. The number of nitrogens with zero attached hydrogens (tertiary/aromatic N) is 2. The molecule has 0 saturated carbocycles. The highest BCUT2D eigenvalue weighted by Crippen LogP contribution is 2.29. The number of hydrogen-bond acceptors (Lipinski definition) is 9. The molecule has 0 aliphatic rings. The first-order valence-corrected chi connectivity index (χ1v) is 10.9. The molecule has 1 amide bonds. The molecule has 0 spiro atoms. The van der Waals surface area contributed by atoms with E-state index in [2.05, 4.69) is 15.3 Å². The van der Waals surface area contributed by atoms with E-state index in [9.17, 15) is 14.4 Å². The summed E-state index contributed by atoms with van der Waals surface area (Å²) in [4.78, 5) is 45.7. The summed E-state index contributed by atoms with van der Waals surface area (Å²) in [5.41, 5.74) is 7.14. The Morgan fingerprint density at radius 1 is 1.12 bits per heavy atom. The Bertz CT molecular complexity index is 1190. The first kappa shape index (κ1) is 24.7. The van der Waals surface area contributed by atoms with Crippen LogP contribution in [0.15, 0.2) is 34.7 Å². The van der Waals surface area contributed by atoms with E-state index in [4.69, 9.17) is 19.6 Å². The Balaban J connectivity index is 1.70. The summed E-state index contributed by atoms with van der Waals surface area (Å²) in [6.07, 6.45) is 0.147. The zero-order valence-electron chi connectivity index (χ0n) is 19.6. The maximum Gasteiger partial charge on any atom is 0.342 e. The van der Waals surface area contributed by atoms with Crippen LogP contribution in [0.5, 0.6) is 0 Å². The molecule has 0 radical (unpaired) electrons. The highest BCUT2D eigenvalue weighted by Gasteiger charge is 2.27. The number of fused-ring (bicyclic) bond motifs is 1. The fourth-order valence-electron chi connectivity index (χ4n) is 3.43. The van der Waals surface area contributed by atoms with Crippen LogP contribution in [0.1, 0.15) is 48.3 Å². The number of anilines is 1. The van der Waals surface area contributed by atoms with Crippen LogP contribution in [0.2, 0.25) is 0 Å². The normalized spacial score (nSPS) is 11.9. The maximum absolute atomic E-state index is 12.7. The number of benzene rings is 1. The second kappa shape index (κ2) is 10.8. The summed E-state index contributed by atoms with van der Waals surface area (Å²) in [5, 5.41) is 2.98. The van der Waals surface area contributed by atoms with Gasteiger partial charge in [-0.3, -0.25) is 4.79 Å². The van der Waals surface area contributed by atoms with E-state index in [1.807, 2.05) is 30.3 Å². The molecule has 0 bridgehead atoms. The second-order valence-corrected chi connectivity index (χ2v) is 8.02. The molecular weight excluding hydrogens is 440 g/mol. The van der Waals surface area contributed by atoms with Gasteiger partial charge in [-0.05, 0) is 25.3 Å². The lowest BCUT2D eigenvalue weighted by Crippen LogP contribution is -2.45. The summed E-state index contributed by atoms with van der Waals surface area (Å²) >= 11 is 0. The number of nitrogens with one attached hydrogen (secondary N) is 1. The van der Waals surface area contributed by atoms with Gasteiger partial charge in [0.1, 0.15) is 23.2 Å². The lowest BCUT2D eigenvalue weighted by molar-refractivity contribution is -0.150. The predicted molar refractivity (Wildman–Crippen MR) is 124 cm³/mol. The number of nitrogens with two attached hydrogens (primary N) is 1. The van der Waals surface area contributed by atoms with Crippen LogP contribution < -0.4 is 11.1 Å². The van der Waals surface area contributed by atoms with Crippen LogP contribution in [-0.2, 0) is 32.1 Å². The van der Waals surface area contributed by atoms with Gasteiger partial charge in [-0.2, -0.15) is 4.98 Å². The average Bonchev–Trinajstić information content (AvgIpc) is 3.13. The van der Waals surface area contributed by atoms with E-state index in [0.29, 0.717) is 5.76 Å². The average molecular weight is 469 g/mol. The number of carbonyl (C=O) groups is 3. The molecule has 0 unspecified atom stereocenters. The van der Waals surface area contributed by atoms with Gasteiger partial charge in [0.25, 0.3) is 0 Å². The largest absolute Gasteiger partial charge is 0.462 e. The molecule has 0 aliphatic carbocycles. The van der Waals surface area contributed by atoms with Crippen molar-refractivity contribution >= 4 is 34.8 Å². The molecule has 10 nitrogen and oxygen atoms in total. The lowest BCUT2D eigenvalue weighted by Gasteiger charge is -2.20. The molecule has 180 valence electrons. The van der Waals surface area contributed by atoms with Crippen molar-refractivity contribution in [2.75, 3.05) is 12.3 Å². The molecule has 3 rings (SSSR count). The van der Waals surface area contributed by atoms with Crippen molar-refractivity contribution in [1.82, 2.24) is 15.3 Å². The van der Waals surface area contributed by atoms with Crippen LogP contribution in [-0.4, -0.2) is 40.5 Å². The summed E-state index contributed by atoms with van der Waals surface area (Å²) in [7, 11) is 0. The van der Waals surface area contributed by atoms with Gasteiger partial charge < -0.3 is 24.9 Å². The molecule has 10 heteroatoms. The van der Waals surface area contributed by atoms with Crippen molar-refractivity contribution in [2.45, 2.75) is 46.8 Å². The Kier molecular flexibility index (Phi) is 7.83. The molecule has 1 atom stereocenters. The number of amides is 1. The number of ether oxygens (including phenoxy) is 2. The van der Waals surface area contributed by atoms with Gasteiger partial charge in [0.2, 0.25) is 11.6 Å². The van der Waals surface area contributed by atoms with Gasteiger partial charge in [0.15, 0.2) is 12.4 Å². The number of esters is 2. The molecule has 0 aliphatic heterocycles. The lowest BCUT2D eigenvalue weighted by atomic mass is 10.0. The summed E-state index contributed by atoms with van der Waals surface area (Å²) in [5.74, 6) is -1.31. The SMILES string of the molecule is CCOC(=O)c1c(C)oc2nc(COC(=O)[C@@H](NC(=O)Cc3ccccc3)C(C)C)nc(N)c12. The van der Waals surface area contributed by atoms with E-state index >= 15 is 0 Å². The Morgan fingerprint density at radius 3 is 2.47 bits per heavy atom. The number of nitrogen functional groups attached to an aromatic ring is 1. The molecular formula is C24H28N4O6. The first-order valence-electron chi connectivity index (χ1n) is 10.9. The molecule has 34 heavy (non-hydrogen) atoms. The third kappa shape index (κ3) is 5.69. The summed E-state index contributed by atoms with van der Waals surface area (Å²) in [6.45, 7) is 6.80. The van der Waals surface area contributed by atoms with Crippen LogP contribution in [0.3, 0.4) is 0 Å². The molecule has 3 aromatic rings. The third-order valence-corrected chi connectivity index (χ3v) is 5.07. The monoisotopic (exact) mass is 468 g/mol. The quantitative estimate of drug-likeness (QED) is 0.452. The van der Waals surface area contributed by atoms with E-state index in [-0.39, 0.29) is 59.8 Å². The number of aryl methyl sites for hydroxylation is 1. The third-order valence-electron chi connectivity index (χ3n) is 5.07. The predicted octanol–water partition coefficient (Wildman–Crippen LogP) is 2.72. The van der Waals surface area contributed by atoms with Gasteiger partial charge in [-0.25, -0.2) is 14.6 Å². The number of aromatic nitrogens is 2. The smallest absolute Gasteiger partial charge is 0.342 e. The van der Waals surface area contributed by atoms with Gasteiger partial charge >= 0.3 is 11.9 Å². The molecule has 2 heterocycles. The van der Waals surface area contributed by atoms with Gasteiger partial charge in [0, 0.05) is 0 Å². The minimum atomic E-state index is -0.849. The molecule has 3 N–H and O–H groups in total. The van der Waals surface area contributed by atoms with E-state index in [1.54, 1.807) is 27.7 Å². The fourth-order valence-corrected chi connectivity index (χ4v) is 3.43. The number of furan rings is 1. The van der Waals surface area contributed by atoms with Crippen LogP contribution >= 0.6 is 0 Å². The number of rotatable bonds is 9. The zero-order valence-corrected chi connectivity index (χ0v) is 19.6. The Labute approximate surface area is 196 Å². The minimum Gasteiger partial charge on any atom is -0.462 e. The standard InChI is InChI=1S/C24H28N4O6/c1-5-32-23(30)18-14(4)34-22-19(18)21(25)26-16(27-22)12-33-24(31)20(13(2)3)28-17(29)11-15-9-7-6-8-10-15/h6-10,13,20H,5,11-12H2,1-4H3,(H,28,29)(H2,25,26,27)/t20-/m0/s1. The van der Waals surface area contributed by atoms with E-state index < -0.39 is 18.0 Å². The first-order chi connectivity index (χ1) is 16.2. The fraction of sp³-hybridized carbons (Fsp3) is 0.375. The van der Waals surface area contributed by atoms with Gasteiger partial charge in [-0.1, -0.05) is 44.2 Å². The van der Waals surface area contributed by atoms with Crippen molar-refractivity contribution in [3.8, 4) is 0 Å².